The van der Waals surface area contributed by atoms with Gasteiger partial charge in [-0.1, -0.05) is 30.7 Å². The quantitative estimate of drug-likeness (QED) is 0.868. The van der Waals surface area contributed by atoms with Gasteiger partial charge < -0.3 is 5.32 Å². The van der Waals surface area contributed by atoms with Crippen LogP contribution in [0.25, 0.3) is 10.9 Å². The van der Waals surface area contributed by atoms with E-state index in [-0.39, 0.29) is 0 Å². The molecule has 0 bridgehead atoms. The molecule has 0 aliphatic carbocycles. The van der Waals surface area contributed by atoms with Crippen LogP contribution in [-0.2, 0) is 0 Å². The van der Waals surface area contributed by atoms with Crippen LogP contribution in [0.2, 0.25) is 5.02 Å². The number of hydrogen-bond acceptors (Lipinski definition) is 2. The summed E-state index contributed by atoms with van der Waals surface area (Å²) in [4.78, 5) is 4.47. The highest BCUT2D eigenvalue weighted by molar-refractivity contribution is 6.35. The summed E-state index contributed by atoms with van der Waals surface area (Å²) in [7, 11) is 0. The van der Waals surface area contributed by atoms with Crippen molar-refractivity contribution in [2.24, 2.45) is 0 Å². The van der Waals surface area contributed by atoms with Crippen molar-refractivity contribution < 1.29 is 0 Å². The highest BCUT2D eigenvalue weighted by atomic mass is 35.5. The third-order valence-electron chi connectivity index (χ3n) is 2.48. The highest BCUT2D eigenvalue weighted by Gasteiger charge is 2.05. The van der Waals surface area contributed by atoms with Crippen LogP contribution in [0.4, 0.5) is 5.69 Å². The summed E-state index contributed by atoms with van der Waals surface area (Å²) >= 11 is 6.14. The van der Waals surface area contributed by atoms with Crippen LogP contribution in [-0.4, -0.2) is 11.5 Å². The van der Waals surface area contributed by atoms with Gasteiger partial charge in [0.1, 0.15) is 0 Å². The summed E-state index contributed by atoms with van der Waals surface area (Å²) in [5.74, 6) is 0. The van der Waals surface area contributed by atoms with E-state index < -0.39 is 0 Å². The first-order chi connectivity index (χ1) is 7.72. The Balaban J connectivity index is 2.59. The first kappa shape index (κ1) is 11.2. The molecule has 0 unspecified atom stereocenters. The Kier molecular flexibility index (Phi) is 3.30. The summed E-state index contributed by atoms with van der Waals surface area (Å²) in [6.07, 6.45) is 1.10. The lowest BCUT2D eigenvalue weighted by molar-refractivity contribution is 0.980. The fourth-order valence-electron chi connectivity index (χ4n) is 1.75. The van der Waals surface area contributed by atoms with Crippen LogP contribution in [0, 0.1) is 6.92 Å². The van der Waals surface area contributed by atoms with Crippen molar-refractivity contribution in [3.8, 4) is 0 Å². The number of aromatic nitrogens is 1. The Hall–Kier alpha value is -1.28. The maximum absolute atomic E-state index is 6.14. The first-order valence-corrected chi connectivity index (χ1v) is 5.90. The van der Waals surface area contributed by atoms with Crippen LogP contribution in [0.1, 0.15) is 19.0 Å². The molecule has 1 aromatic heterocycles. The maximum atomic E-state index is 6.14. The second-order valence-corrected chi connectivity index (χ2v) is 4.28. The molecule has 0 amide bonds. The molecular weight excluding hydrogens is 220 g/mol. The Morgan fingerprint density at radius 2 is 2.19 bits per heavy atom. The van der Waals surface area contributed by atoms with Crippen LogP contribution < -0.4 is 5.32 Å². The molecule has 2 rings (SSSR count). The van der Waals surface area contributed by atoms with Gasteiger partial charge in [-0.25, -0.2) is 0 Å². The topological polar surface area (TPSA) is 24.9 Å². The zero-order valence-electron chi connectivity index (χ0n) is 9.55. The van der Waals surface area contributed by atoms with Crippen LogP contribution >= 0.6 is 11.6 Å². The van der Waals surface area contributed by atoms with Gasteiger partial charge in [0.15, 0.2) is 0 Å². The van der Waals surface area contributed by atoms with Crippen molar-refractivity contribution >= 4 is 28.2 Å². The molecule has 0 aliphatic rings. The van der Waals surface area contributed by atoms with Crippen molar-refractivity contribution in [3.63, 3.8) is 0 Å². The third-order valence-corrected chi connectivity index (χ3v) is 2.79. The Labute approximate surface area is 101 Å². The van der Waals surface area contributed by atoms with Crippen LogP contribution in [0.5, 0.6) is 0 Å². The van der Waals surface area contributed by atoms with E-state index in [1.165, 1.54) is 0 Å². The summed E-state index contributed by atoms with van der Waals surface area (Å²) in [5, 5.41) is 5.21. The van der Waals surface area contributed by atoms with Gasteiger partial charge in [0.05, 0.1) is 10.5 Å². The zero-order chi connectivity index (χ0) is 11.5. The number of rotatable bonds is 3. The minimum absolute atomic E-state index is 0.709. The van der Waals surface area contributed by atoms with Crippen molar-refractivity contribution in [2.45, 2.75) is 20.3 Å². The molecule has 2 nitrogen and oxygen atoms in total. The molecule has 0 fully saturated rings. The molecule has 0 radical (unpaired) electrons. The molecule has 0 atom stereocenters. The van der Waals surface area contributed by atoms with E-state index in [0.29, 0.717) is 5.02 Å². The molecule has 1 heterocycles. The number of hydrogen-bond donors (Lipinski definition) is 1. The summed E-state index contributed by atoms with van der Waals surface area (Å²) in [6.45, 7) is 5.10. The molecule has 2 aromatic rings. The van der Waals surface area contributed by atoms with Gasteiger partial charge >= 0.3 is 0 Å². The maximum Gasteiger partial charge on any atom is 0.0912 e. The van der Waals surface area contributed by atoms with E-state index in [2.05, 4.69) is 23.3 Å². The Morgan fingerprint density at radius 3 is 2.94 bits per heavy atom. The van der Waals surface area contributed by atoms with E-state index >= 15 is 0 Å². The smallest absolute Gasteiger partial charge is 0.0912 e. The molecular formula is C13H15ClN2. The molecule has 0 saturated carbocycles. The molecule has 1 aromatic carbocycles. The number of anilines is 1. The van der Waals surface area contributed by atoms with E-state index in [4.69, 9.17) is 11.6 Å². The number of pyridine rings is 1. The van der Waals surface area contributed by atoms with Crippen LogP contribution in [0.3, 0.4) is 0 Å². The van der Waals surface area contributed by atoms with Crippen molar-refractivity contribution in [3.05, 3.63) is 35.0 Å². The zero-order valence-corrected chi connectivity index (χ0v) is 10.3. The number of aryl methyl sites for hydroxylation is 1. The van der Waals surface area contributed by atoms with Crippen LogP contribution in [0.15, 0.2) is 24.3 Å². The summed E-state index contributed by atoms with van der Waals surface area (Å²) in [6, 6.07) is 7.94. The minimum Gasteiger partial charge on any atom is -0.384 e. The standard InChI is InChI=1S/C13H15ClN2/c1-3-7-15-12-8-9(2)16-13-10(12)5-4-6-11(13)14/h4-6,8H,3,7H2,1-2H3,(H,15,16). The van der Waals surface area contributed by atoms with Gasteiger partial charge in [-0.15, -0.1) is 0 Å². The lowest BCUT2D eigenvalue weighted by Gasteiger charge is -2.10. The first-order valence-electron chi connectivity index (χ1n) is 5.52. The number of nitrogens with zero attached hydrogens (tertiary/aromatic N) is 1. The van der Waals surface area contributed by atoms with Crippen molar-refractivity contribution in [1.29, 1.82) is 0 Å². The normalized spacial score (nSPS) is 10.7. The van der Waals surface area contributed by atoms with Gasteiger partial charge in [-0.05, 0) is 25.5 Å². The lowest BCUT2D eigenvalue weighted by atomic mass is 10.1. The molecule has 0 saturated heterocycles. The fraction of sp³-hybridized carbons (Fsp3) is 0.308. The van der Waals surface area contributed by atoms with Gasteiger partial charge in [-0.3, -0.25) is 4.98 Å². The van der Waals surface area contributed by atoms with Gasteiger partial charge in [0.25, 0.3) is 0 Å². The number of halogens is 1. The average molecular weight is 235 g/mol. The number of benzene rings is 1. The predicted molar refractivity (Wildman–Crippen MR) is 70.3 cm³/mol. The van der Waals surface area contributed by atoms with E-state index in [1.54, 1.807) is 0 Å². The monoisotopic (exact) mass is 234 g/mol. The van der Waals surface area contributed by atoms with E-state index in [9.17, 15) is 0 Å². The number of para-hydroxylation sites is 1. The van der Waals surface area contributed by atoms with E-state index in [1.807, 2.05) is 25.1 Å². The number of fused-ring (bicyclic) bond motifs is 1. The largest absolute Gasteiger partial charge is 0.384 e. The van der Waals surface area contributed by atoms with Crippen molar-refractivity contribution in [2.75, 3.05) is 11.9 Å². The van der Waals surface area contributed by atoms with Crippen molar-refractivity contribution in [1.82, 2.24) is 4.98 Å². The SMILES string of the molecule is CCCNc1cc(C)nc2c(Cl)cccc12. The Morgan fingerprint density at radius 1 is 1.38 bits per heavy atom. The number of nitrogens with one attached hydrogen (secondary N) is 1. The Bertz CT molecular complexity index is 509. The molecule has 3 heteroatoms. The predicted octanol–water partition coefficient (Wildman–Crippen LogP) is 4.02. The molecule has 16 heavy (non-hydrogen) atoms. The molecule has 84 valence electrons. The second kappa shape index (κ2) is 4.71. The summed E-state index contributed by atoms with van der Waals surface area (Å²) in [5.41, 5.74) is 2.98. The third kappa shape index (κ3) is 2.12. The second-order valence-electron chi connectivity index (χ2n) is 3.87. The minimum atomic E-state index is 0.709. The molecule has 1 N–H and O–H groups in total. The van der Waals surface area contributed by atoms with Gasteiger partial charge in [0.2, 0.25) is 0 Å². The van der Waals surface area contributed by atoms with Gasteiger partial charge in [0, 0.05) is 23.3 Å². The fourth-order valence-corrected chi connectivity index (χ4v) is 1.96. The van der Waals surface area contributed by atoms with Gasteiger partial charge in [-0.2, -0.15) is 0 Å². The summed E-state index contributed by atoms with van der Waals surface area (Å²) < 4.78 is 0. The molecule has 0 spiro atoms. The van der Waals surface area contributed by atoms with E-state index in [0.717, 1.165) is 35.2 Å². The average Bonchev–Trinajstić information content (AvgIpc) is 2.27. The highest BCUT2D eigenvalue weighted by Crippen LogP contribution is 2.28. The lowest BCUT2D eigenvalue weighted by Crippen LogP contribution is -2.01. The molecule has 0 aliphatic heterocycles.